The van der Waals surface area contributed by atoms with E-state index >= 15 is 0 Å². The molecule has 0 fully saturated rings. The minimum Gasteiger partial charge on any atom is -0.497 e. The van der Waals surface area contributed by atoms with Crippen LogP contribution in [0.5, 0.6) is 11.5 Å². The van der Waals surface area contributed by atoms with Crippen LogP contribution in [0.1, 0.15) is 11.1 Å². The molecule has 1 heterocycles. The number of ether oxygens (including phenoxy) is 2. The predicted octanol–water partition coefficient (Wildman–Crippen LogP) is 5.28. The smallest absolute Gasteiger partial charge is 0.150 e. The fourth-order valence-electron chi connectivity index (χ4n) is 2.66. The molecule has 0 unspecified atom stereocenters. The number of aromatic nitrogens is 1. The average molecular weight is 375 g/mol. The van der Waals surface area contributed by atoms with Crippen molar-refractivity contribution in [3.63, 3.8) is 0 Å². The fourth-order valence-corrected chi connectivity index (χ4v) is 4.15. The molecule has 3 rings (SSSR count). The molecule has 0 aliphatic heterocycles. The third kappa shape index (κ3) is 3.80. The van der Waals surface area contributed by atoms with E-state index in [1.807, 2.05) is 30.5 Å². The van der Waals surface area contributed by atoms with E-state index in [-0.39, 0.29) is 5.82 Å². The summed E-state index contributed by atoms with van der Waals surface area (Å²) >= 11 is 3.06. The van der Waals surface area contributed by atoms with Crippen LogP contribution in [-0.4, -0.2) is 25.5 Å². The highest BCUT2D eigenvalue weighted by Gasteiger charge is 2.16. The van der Waals surface area contributed by atoms with Crippen LogP contribution >= 0.6 is 23.1 Å². The lowest BCUT2D eigenvalue weighted by molar-refractivity contribution is 0.391. The summed E-state index contributed by atoms with van der Waals surface area (Å²) in [6, 6.07) is 10.8. The molecule has 0 radical (unpaired) electrons. The third-order valence-corrected chi connectivity index (χ3v) is 5.89. The minimum atomic E-state index is -0.235. The Morgan fingerprint density at radius 2 is 1.96 bits per heavy atom. The Morgan fingerprint density at radius 3 is 2.64 bits per heavy atom. The van der Waals surface area contributed by atoms with E-state index in [4.69, 9.17) is 9.47 Å². The van der Waals surface area contributed by atoms with Crippen LogP contribution in [0.15, 0.2) is 46.9 Å². The van der Waals surface area contributed by atoms with Crippen molar-refractivity contribution in [3.8, 4) is 21.9 Å². The van der Waals surface area contributed by atoms with E-state index < -0.39 is 0 Å². The summed E-state index contributed by atoms with van der Waals surface area (Å²) in [6.45, 7) is 0. The van der Waals surface area contributed by atoms with Crippen molar-refractivity contribution in [1.82, 2.24) is 4.98 Å². The van der Waals surface area contributed by atoms with Gasteiger partial charge in [-0.3, -0.25) is 0 Å². The van der Waals surface area contributed by atoms with Gasteiger partial charge in [0.1, 0.15) is 21.7 Å². The molecule has 0 aliphatic rings. The number of thioether (sulfide) groups is 1. The number of rotatable bonds is 6. The Morgan fingerprint density at radius 1 is 1.12 bits per heavy atom. The normalized spacial score (nSPS) is 10.7. The molecule has 0 amide bonds. The van der Waals surface area contributed by atoms with E-state index in [2.05, 4.69) is 4.98 Å². The first-order chi connectivity index (χ1) is 12.2. The SMILES string of the molecule is COc1ccc(Cc2cccc(F)c2-c2cnc(SC)s2)c(OC)c1. The van der Waals surface area contributed by atoms with E-state index in [9.17, 15) is 4.39 Å². The standard InChI is InChI=1S/C19H18FNO2S2/c1-22-14-8-7-12(16(10-14)23-2)9-13-5-4-6-15(20)18(13)17-11-21-19(24-3)25-17/h4-8,10-11H,9H2,1-3H3. The average Bonchev–Trinajstić information content (AvgIpc) is 3.11. The first kappa shape index (κ1) is 17.8. The molecule has 0 aliphatic carbocycles. The van der Waals surface area contributed by atoms with Gasteiger partial charge in [0.15, 0.2) is 0 Å². The van der Waals surface area contributed by atoms with Crippen molar-refractivity contribution in [3.05, 3.63) is 59.5 Å². The molecular weight excluding hydrogens is 357 g/mol. The van der Waals surface area contributed by atoms with Crippen molar-refractivity contribution in [1.29, 1.82) is 0 Å². The molecule has 130 valence electrons. The van der Waals surface area contributed by atoms with Crippen LogP contribution in [0.25, 0.3) is 10.4 Å². The first-order valence-corrected chi connectivity index (χ1v) is 9.69. The van der Waals surface area contributed by atoms with Gasteiger partial charge in [-0.25, -0.2) is 9.37 Å². The maximum Gasteiger partial charge on any atom is 0.150 e. The van der Waals surface area contributed by atoms with Crippen molar-refractivity contribution >= 4 is 23.1 Å². The van der Waals surface area contributed by atoms with Gasteiger partial charge >= 0.3 is 0 Å². The molecule has 0 N–H and O–H groups in total. The lowest BCUT2D eigenvalue weighted by atomic mass is 9.98. The minimum absolute atomic E-state index is 0.235. The molecule has 0 bridgehead atoms. The summed E-state index contributed by atoms with van der Waals surface area (Å²) in [5, 5.41) is 0. The zero-order valence-electron chi connectivity index (χ0n) is 14.2. The summed E-state index contributed by atoms with van der Waals surface area (Å²) in [6.07, 6.45) is 4.27. The van der Waals surface area contributed by atoms with Gasteiger partial charge in [-0.1, -0.05) is 30.0 Å². The van der Waals surface area contributed by atoms with Gasteiger partial charge < -0.3 is 9.47 Å². The largest absolute Gasteiger partial charge is 0.497 e. The molecular formula is C19H18FNO2S2. The van der Waals surface area contributed by atoms with E-state index in [0.29, 0.717) is 12.0 Å². The van der Waals surface area contributed by atoms with Crippen molar-refractivity contribution in [2.24, 2.45) is 0 Å². The van der Waals surface area contributed by atoms with Gasteiger partial charge in [0, 0.05) is 24.2 Å². The summed E-state index contributed by atoms with van der Waals surface area (Å²) in [7, 11) is 3.24. The number of nitrogens with zero attached hydrogens (tertiary/aromatic N) is 1. The molecule has 6 heteroatoms. The first-order valence-electron chi connectivity index (χ1n) is 7.64. The second-order valence-electron chi connectivity index (χ2n) is 5.32. The molecule has 0 saturated heterocycles. The molecule has 3 aromatic rings. The number of hydrogen-bond acceptors (Lipinski definition) is 5. The molecule has 0 atom stereocenters. The van der Waals surface area contributed by atoms with Gasteiger partial charge in [-0.05, 0) is 29.5 Å². The van der Waals surface area contributed by atoms with Crippen LogP contribution in [0.3, 0.4) is 0 Å². The van der Waals surface area contributed by atoms with E-state index in [1.165, 1.54) is 17.4 Å². The lowest BCUT2D eigenvalue weighted by Gasteiger charge is -2.13. The predicted molar refractivity (Wildman–Crippen MR) is 102 cm³/mol. The Bertz CT molecular complexity index is 880. The highest BCUT2D eigenvalue weighted by molar-refractivity contribution is 8.00. The molecule has 2 aromatic carbocycles. The molecule has 3 nitrogen and oxygen atoms in total. The van der Waals surface area contributed by atoms with Crippen LogP contribution in [0.2, 0.25) is 0 Å². The maximum atomic E-state index is 14.6. The van der Waals surface area contributed by atoms with Gasteiger partial charge in [0.05, 0.1) is 19.1 Å². The highest BCUT2D eigenvalue weighted by atomic mass is 32.2. The van der Waals surface area contributed by atoms with Crippen LogP contribution < -0.4 is 9.47 Å². The van der Waals surface area contributed by atoms with Crippen molar-refractivity contribution < 1.29 is 13.9 Å². The molecule has 1 aromatic heterocycles. The van der Waals surface area contributed by atoms with Gasteiger partial charge in [-0.15, -0.1) is 11.3 Å². The summed E-state index contributed by atoms with van der Waals surface area (Å²) in [4.78, 5) is 5.17. The highest BCUT2D eigenvalue weighted by Crippen LogP contribution is 2.36. The second-order valence-corrected chi connectivity index (χ2v) is 7.41. The number of hydrogen-bond donors (Lipinski definition) is 0. The lowest BCUT2D eigenvalue weighted by Crippen LogP contribution is -1.98. The van der Waals surface area contributed by atoms with Gasteiger partial charge in [0.2, 0.25) is 0 Å². The summed E-state index contributed by atoms with van der Waals surface area (Å²) < 4.78 is 26.2. The number of halogens is 1. The monoisotopic (exact) mass is 375 g/mol. The van der Waals surface area contributed by atoms with Crippen LogP contribution in [0.4, 0.5) is 4.39 Å². The quantitative estimate of drug-likeness (QED) is 0.549. The molecule has 0 spiro atoms. The molecule has 0 saturated carbocycles. The Kier molecular flexibility index (Phi) is 5.60. The fraction of sp³-hybridized carbons (Fsp3) is 0.211. The van der Waals surface area contributed by atoms with Crippen molar-refractivity contribution in [2.75, 3.05) is 20.5 Å². The van der Waals surface area contributed by atoms with Crippen molar-refractivity contribution in [2.45, 2.75) is 10.8 Å². The number of benzene rings is 2. The van der Waals surface area contributed by atoms with Gasteiger partial charge in [0.25, 0.3) is 0 Å². The Balaban J connectivity index is 2.02. The van der Waals surface area contributed by atoms with Crippen LogP contribution in [0, 0.1) is 5.82 Å². The maximum absolute atomic E-state index is 14.6. The summed E-state index contributed by atoms with van der Waals surface area (Å²) in [5.41, 5.74) is 2.49. The zero-order chi connectivity index (χ0) is 17.8. The Labute approximate surface area is 154 Å². The second kappa shape index (κ2) is 7.89. The third-order valence-electron chi connectivity index (χ3n) is 3.88. The Hall–Kier alpha value is -2.05. The number of thiazole rings is 1. The van der Waals surface area contributed by atoms with Gasteiger partial charge in [-0.2, -0.15) is 0 Å². The summed E-state index contributed by atoms with van der Waals surface area (Å²) in [5.74, 6) is 1.22. The van der Waals surface area contributed by atoms with E-state index in [1.54, 1.807) is 38.2 Å². The topological polar surface area (TPSA) is 31.4 Å². The van der Waals surface area contributed by atoms with E-state index in [0.717, 1.165) is 31.8 Å². The van der Waals surface area contributed by atoms with Crippen LogP contribution in [-0.2, 0) is 6.42 Å². The zero-order valence-corrected chi connectivity index (χ0v) is 15.8. The number of methoxy groups -OCH3 is 2. The molecule has 25 heavy (non-hydrogen) atoms.